The standard InChI is InChI=1S/C12H21N3O6S2.H2O/c1-4-14(22(3,16)17)7-8-15(21-23(18,19)20)11-5-6-12(13)10(2)9-11;/h5-6,9H,4,7-8,13H2,1-3H3,(H,18,19,20);1H2. The fraction of sp³-hybridized carbons (Fsp3) is 0.500. The zero-order chi connectivity index (χ0) is 17.8. The molecule has 10 nitrogen and oxygen atoms in total. The summed E-state index contributed by atoms with van der Waals surface area (Å²) < 4.78 is 59.8. The molecule has 0 saturated heterocycles. The number of hydrogen-bond acceptors (Lipinski definition) is 7. The fourth-order valence-corrected chi connectivity index (χ4v) is 3.17. The van der Waals surface area contributed by atoms with E-state index in [2.05, 4.69) is 4.28 Å². The monoisotopic (exact) mass is 385 g/mol. The van der Waals surface area contributed by atoms with Gasteiger partial charge in [-0.25, -0.2) is 17.8 Å². The maximum Gasteiger partial charge on any atom is 0.418 e. The fourth-order valence-electron chi connectivity index (χ4n) is 1.90. The van der Waals surface area contributed by atoms with Crippen molar-refractivity contribution in [3.05, 3.63) is 23.8 Å². The molecule has 5 N–H and O–H groups in total. The number of anilines is 2. The summed E-state index contributed by atoms with van der Waals surface area (Å²) in [6, 6.07) is 4.63. The van der Waals surface area contributed by atoms with Crippen LogP contribution in [0.5, 0.6) is 0 Å². The van der Waals surface area contributed by atoms with E-state index < -0.39 is 20.4 Å². The summed E-state index contributed by atoms with van der Waals surface area (Å²) in [7, 11) is -8.19. The molecule has 1 aromatic carbocycles. The molecule has 0 fully saturated rings. The summed E-state index contributed by atoms with van der Waals surface area (Å²) >= 11 is 0. The van der Waals surface area contributed by atoms with Crippen molar-refractivity contribution in [1.29, 1.82) is 0 Å². The van der Waals surface area contributed by atoms with E-state index in [9.17, 15) is 16.8 Å². The quantitative estimate of drug-likeness (QED) is 0.346. The highest BCUT2D eigenvalue weighted by atomic mass is 32.3. The Bertz CT molecular complexity index is 750. The average Bonchev–Trinajstić information content (AvgIpc) is 2.38. The number of hydroxylamine groups is 1. The Hall–Kier alpha value is -1.44. The molecule has 0 aliphatic carbocycles. The van der Waals surface area contributed by atoms with Gasteiger partial charge in [0, 0.05) is 18.8 Å². The lowest BCUT2D eigenvalue weighted by Gasteiger charge is -2.25. The van der Waals surface area contributed by atoms with Gasteiger partial charge in [0.1, 0.15) is 0 Å². The Balaban J connectivity index is 0.00000529. The average molecular weight is 385 g/mol. The number of nitrogen functional groups attached to an aromatic ring is 1. The molecule has 12 heteroatoms. The van der Waals surface area contributed by atoms with Crippen LogP contribution in [0.15, 0.2) is 18.2 Å². The van der Waals surface area contributed by atoms with Gasteiger partial charge in [-0.1, -0.05) is 6.92 Å². The molecule has 0 saturated carbocycles. The minimum atomic E-state index is -4.76. The third-order valence-electron chi connectivity index (χ3n) is 3.10. The van der Waals surface area contributed by atoms with Gasteiger partial charge in [0.2, 0.25) is 10.0 Å². The smallest absolute Gasteiger partial charge is 0.412 e. The van der Waals surface area contributed by atoms with Gasteiger partial charge in [-0.2, -0.15) is 8.42 Å². The molecule has 24 heavy (non-hydrogen) atoms. The molecule has 1 rings (SSSR count). The Kier molecular flexibility index (Phi) is 8.08. The normalized spacial score (nSPS) is 12.0. The lowest BCUT2D eigenvalue weighted by molar-refractivity contribution is 0.235. The third kappa shape index (κ3) is 6.98. The van der Waals surface area contributed by atoms with E-state index in [1.165, 1.54) is 6.07 Å². The van der Waals surface area contributed by atoms with Crippen molar-refractivity contribution in [1.82, 2.24) is 4.31 Å². The van der Waals surface area contributed by atoms with Crippen molar-refractivity contribution in [3.8, 4) is 0 Å². The molecule has 0 bridgehead atoms. The summed E-state index contributed by atoms with van der Waals surface area (Å²) in [6.07, 6.45) is 1.05. The molecule has 0 spiro atoms. The molecule has 1 aromatic rings. The van der Waals surface area contributed by atoms with Gasteiger partial charge in [-0.15, -0.1) is 4.28 Å². The van der Waals surface area contributed by atoms with Crippen LogP contribution in [0, 0.1) is 6.92 Å². The van der Waals surface area contributed by atoms with Crippen LogP contribution in [-0.2, 0) is 24.7 Å². The highest BCUT2D eigenvalue weighted by Crippen LogP contribution is 2.21. The van der Waals surface area contributed by atoms with Crippen molar-refractivity contribution >= 4 is 31.8 Å². The van der Waals surface area contributed by atoms with E-state index in [-0.39, 0.29) is 25.1 Å². The van der Waals surface area contributed by atoms with Gasteiger partial charge in [0.25, 0.3) is 0 Å². The van der Waals surface area contributed by atoms with Crippen LogP contribution in [0.1, 0.15) is 12.5 Å². The first-order chi connectivity index (χ1) is 10.4. The van der Waals surface area contributed by atoms with Crippen LogP contribution in [0.2, 0.25) is 0 Å². The Labute approximate surface area is 142 Å². The number of rotatable bonds is 8. The van der Waals surface area contributed by atoms with Gasteiger partial charge < -0.3 is 11.2 Å². The molecule has 0 aliphatic heterocycles. The van der Waals surface area contributed by atoms with Gasteiger partial charge in [0.15, 0.2) is 0 Å². The van der Waals surface area contributed by atoms with Gasteiger partial charge in [0.05, 0.1) is 18.5 Å². The summed E-state index contributed by atoms with van der Waals surface area (Å²) in [5.41, 5.74) is 7.21. The van der Waals surface area contributed by atoms with E-state index in [4.69, 9.17) is 10.3 Å². The number of hydrogen-bond donors (Lipinski definition) is 2. The van der Waals surface area contributed by atoms with Gasteiger partial charge in [-0.3, -0.25) is 4.55 Å². The molecule has 0 aliphatic rings. The molecular formula is C12H23N3O7S2. The highest BCUT2D eigenvalue weighted by Gasteiger charge is 2.20. The van der Waals surface area contributed by atoms with Crippen LogP contribution >= 0.6 is 0 Å². The Morgan fingerprint density at radius 1 is 1.21 bits per heavy atom. The van der Waals surface area contributed by atoms with Gasteiger partial charge in [-0.05, 0) is 30.7 Å². The van der Waals surface area contributed by atoms with Crippen LogP contribution in [0.4, 0.5) is 11.4 Å². The van der Waals surface area contributed by atoms with Crippen LogP contribution in [0.25, 0.3) is 0 Å². The molecule has 0 aromatic heterocycles. The second-order valence-electron chi connectivity index (χ2n) is 4.90. The predicted octanol–water partition coefficient (Wildman–Crippen LogP) is -0.425. The second kappa shape index (κ2) is 8.60. The number of likely N-dealkylation sites (N-methyl/N-ethyl adjacent to an activating group) is 1. The molecular weight excluding hydrogens is 362 g/mol. The third-order valence-corrected chi connectivity index (χ3v) is 4.85. The number of nitrogens with zero attached hydrogens (tertiary/aromatic N) is 2. The number of aryl methyl sites for hydroxylation is 1. The molecule has 0 atom stereocenters. The molecule has 140 valence electrons. The van der Waals surface area contributed by atoms with E-state index in [1.54, 1.807) is 26.0 Å². The lowest BCUT2D eigenvalue weighted by Crippen LogP contribution is -2.39. The summed E-state index contributed by atoms with van der Waals surface area (Å²) in [6.45, 7) is 3.47. The topological polar surface area (TPSA) is 162 Å². The zero-order valence-corrected chi connectivity index (χ0v) is 15.3. The van der Waals surface area contributed by atoms with Crippen LogP contribution in [0.3, 0.4) is 0 Å². The number of benzene rings is 1. The molecule has 0 unspecified atom stereocenters. The minimum Gasteiger partial charge on any atom is -0.412 e. The molecule has 0 amide bonds. The largest absolute Gasteiger partial charge is 0.418 e. The maximum atomic E-state index is 11.6. The van der Waals surface area contributed by atoms with Crippen LogP contribution in [-0.4, -0.2) is 57.1 Å². The van der Waals surface area contributed by atoms with E-state index in [0.29, 0.717) is 16.9 Å². The van der Waals surface area contributed by atoms with Crippen molar-refractivity contribution in [2.45, 2.75) is 13.8 Å². The van der Waals surface area contributed by atoms with E-state index in [1.807, 2.05) is 0 Å². The maximum absolute atomic E-state index is 11.6. The second-order valence-corrected chi connectivity index (χ2v) is 7.89. The van der Waals surface area contributed by atoms with Crippen molar-refractivity contribution in [3.63, 3.8) is 0 Å². The highest BCUT2D eigenvalue weighted by molar-refractivity contribution is 7.88. The first-order valence-corrected chi connectivity index (χ1v) is 9.91. The van der Waals surface area contributed by atoms with E-state index >= 15 is 0 Å². The SMILES string of the molecule is CCN(CCN(OS(=O)(=O)O)c1ccc(N)c(C)c1)S(C)(=O)=O.O. The summed E-state index contributed by atoms with van der Waals surface area (Å²) in [5.74, 6) is 0. The van der Waals surface area contributed by atoms with Crippen molar-refractivity contribution < 1.29 is 31.1 Å². The minimum absolute atomic E-state index is 0. The number of sulfonamides is 1. The van der Waals surface area contributed by atoms with Gasteiger partial charge >= 0.3 is 10.4 Å². The van der Waals surface area contributed by atoms with E-state index in [0.717, 1.165) is 15.6 Å². The number of nitrogens with two attached hydrogens (primary N) is 1. The first kappa shape index (κ1) is 22.6. The summed E-state index contributed by atoms with van der Waals surface area (Å²) in [5, 5.41) is 0.898. The molecule has 0 radical (unpaired) electrons. The summed E-state index contributed by atoms with van der Waals surface area (Å²) in [4.78, 5) is 0. The molecule has 0 heterocycles. The predicted molar refractivity (Wildman–Crippen MR) is 91.3 cm³/mol. The Morgan fingerprint density at radius 2 is 1.79 bits per heavy atom. The van der Waals surface area contributed by atoms with Crippen molar-refractivity contribution in [2.24, 2.45) is 0 Å². The zero-order valence-electron chi connectivity index (χ0n) is 13.6. The lowest BCUT2D eigenvalue weighted by atomic mass is 10.2. The van der Waals surface area contributed by atoms with Crippen LogP contribution < -0.4 is 10.8 Å². The van der Waals surface area contributed by atoms with Crippen molar-refractivity contribution in [2.75, 3.05) is 36.7 Å². The Morgan fingerprint density at radius 3 is 2.21 bits per heavy atom. The first-order valence-electron chi connectivity index (χ1n) is 6.70.